The van der Waals surface area contributed by atoms with Gasteiger partial charge in [0.05, 0.1) is 48.7 Å². The van der Waals surface area contributed by atoms with Crippen LogP contribution in [0.1, 0.15) is 31.0 Å². The average Bonchev–Trinajstić information content (AvgIpc) is 3.21. The van der Waals surface area contributed by atoms with Crippen molar-refractivity contribution >= 4 is 29.1 Å². The minimum Gasteiger partial charge on any atom is -0.493 e. The van der Waals surface area contributed by atoms with E-state index in [4.69, 9.17) is 18.9 Å². The zero-order chi connectivity index (χ0) is 27.6. The van der Waals surface area contributed by atoms with Crippen molar-refractivity contribution in [3.05, 3.63) is 88.6 Å². The summed E-state index contributed by atoms with van der Waals surface area (Å²) in [5.41, 5.74) is 0.866. The van der Waals surface area contributed by atoms with Gasteiger partial charge >= 0.3 is 11.7 Å². The van der Waals surface area contributed by atoms with Crippen LogP contribution >= 0.6 is 11.3 Å². The Balaban J connectivity index is 2.00. The number of para-hydroxylation sites is 1. The van der Waals surface area contributed by atoms with Gasteiger partial charge in [-0.15, -0.1) is 0 Å². The smallest absolute Gasteiger partial charge is 0.338 e. The number of esters is 1. The van der Waals surface area contributed by atoms with Crippen LogP contribution in [-0.2, 0) is 9.53 Å². The van der Waals surface area contributed by atoms with E-state index in [1.807, 2.05) is 0 Å². The van der Waals surface area contributed by atoms with Gasteiger partial charge in [0.15, 0.2) is 22.0 Å². The maximum absolute atomic E-state index is 13.8. The number of nitro benzene ring substituents is 1. The maximum atomic E-state index is 13.8. The predicted molar refractivity (Wildman–Crippen MR) is 140 cm³/mol. The highest BCUT2D eigenvalue weighted by Gasteiger charge is 2.35. The molecular formula is C26H25N3O8S. The van der Waals surface area contributed by atoms with Crippen LogP contribution in [0.15, 0.2) is 57.5 Å². The summed E-state index contributed by atoms with van der Waals surface area (Å²) >= 11 is 1.10. The van der Waals surface area contributed by atoms with Crippen molar-refractivity contribution in [1.82, 2.24) is 4.57 Å². The summed E-state index contributed by atoms with van der Waals surface area (Å²) < 4.78 is 23.2. The number of thiazole rings is 1. The van der Waals surface area contributed by atoms with Gasteiger partial charge in [-0.2, -0.15) is 0 Å². The van der Waals surface area contributed by atoms with Gasteiger partial charge in [0.1, 0.15) is 6.04 Å². The van der Waals surface area contributed by atoms with Crippen LogP contribution in [0.3, 0.4) is 0 Å². The molecule has 0 saturated heterocycles. The molecule has 1 aliphatic heterocycles. The molecule has 1 atom stereocenters. The molecule has 1 aliphatic rings. The molecule has 1 aromatic heterocycles. The standard InChI is InChI=1S/C26H25N3O8S/c1-6-37-25(31)21-14(2)27-26-28(22(21)16-8-7-9-19(35-4)23(16)36-5)24(30)20(38-26)13-15-10-11-18(34-3)17(12-15)29(32)33/h7-13,22H,6H2,1-5H3. The van der Waals surface area contributed by atoms with E-state index in [0.717, 1.165) is 11.3 Å². The highest BCUT2D eigenvalue weighted by molar-refractivity contribution is 7.07. The number of aromatic nitrogens is 1. The molecule has 2 heterocycles. The van der Waals surface area contributed by atoms with Crippen molar-refractivity contribution in [2.45, 2.75) is 19.9 Å². The second-order valence-electron chi connectivity index (χ2n) is 8.07. The van der Waals surface area contributed by atoms with Crippen LogP contribution in [0.2, 0.25) is 0 Å². The Labute approximate surface area is 221 Å². The van der Waals surface area contributed by atoms with Gasteiger partial charge in [-0.1, -0.05) is 29.5 Å². The largest absolute Gasteiger partial charge is 0.493 e. The number of ether oxygens (including phenoxy) is 4. The summed E-state index contributed by atoms with van der Waals surface area (Å²) in [5, 5.41) is 11.5. The Morgan fingerprint density at radius 2 is 1.89 bits per heavy atom. The molecule has 0 fully saturated rings. The van der Waals surface area contributed by atoms with E-state index < -0.39 is 22.5 Å². The van der Waals surface area contributed by atoms with Crippen LogP contribution in [0.4, 0.5) is 5.69 Å². The quantitative estimate of drug-likeness (QED) is 0.243. The number of carbonyl (C=O) groups is 1. The Morgan fingerprint density at radius 1 is 1.16 bits per heavy atom. The van der Waals surface area contributed by atoms with Gasteiger partial charge in [-0.05, 0) is 37.6 Å². The number of benzene rings is 2. The highest BCUT2D eigenvalue weighted by Crippen LogP contribution is 2.40. The molecule has 4 rings (SSSR count). The third kappa shape index (κ3) is 4.65. The zero-order valence-electron chi connectivity index (χ0n) is 21.3. The summed E-state index contributed by atoms with van der Waals surface area (Å²) in [6.07, 6.45) is 1.54. The first-order valence-electron chi connectivity index (χ1n) is 11.5. The predicted octanol–water partition coefficient (Wildman–Crippen LogP) is 2.73. The average molecular weight is 540 g/mol. The van der Waals surface area contributed by atoms with Crippen LogP contribution in [0.25, 0.3) is 6.08 Å². The molecule has 0 amide bonds. The van der Waals surface area contributed by atoms with E-state index in [2.05, 4.69) is 4.99 Å². The van der Waals surface area contributed by atoms with Crippen LogP contribution in [0, 0.1) is 10.1 Å². The number of carbonyl (C=O) groups excluding carboxylic acids is 1. The van der Waals surface area contributed by atoms with Crippen molar-refractivity contribution in [3.63, 3.8) is 0 Å². The molecule has 3 aromatic rings. The number of hydrogen-bond acceptors (Lipinski definition) is 10. The van der Waals surface area contributed by atoms with Gasteiger partial charge in [-0.25, -0.2) is 9.79 Å². The first-order valence-corrected chi connectivity index (χ1v) is 12.3. The molecule has 0 aliphatic carbocycles. The Kier molecular flexibility index (Phi) is 7.62. The molecule has 2 aromatic carbocycles. The zero-order valence-corrected chi connectivity index (χ0v) is 22.2. The molecule has 0 saturated carbocycles. The number of methoxy groups -OCH3 is 3. The number of hydrogen-bond donors (Lipinski definition) is 0. The monoisotopic (exact) mass is 539 g/mol. The van der Waals surface area contributed by atoms with E-state index >= 15 is 0 Å². The lowest BCUT2D eigenvalue weighted by atomic mass is 9.94. The fourth-order valence-corrected chi connectivity index (χ4v) is 5.35. The molecule has 12 heteroatoms. The van der Waals surface area contributed by atoms with Gasteiger partial charge in [0, 0.05) is 11.6 Å². The van der Waals surface area contributed by atoms with Crippen molar-refractivity contribution in [1.29, 1.82) is 0 Å². The number of nitro groups is 1. The molecule has 11 nitrogen and oxygen atoms in total. The molecule has 38 heavy (non-hydrogen) atoms. The number of allylic oxidation sites excluding steroid dienone is 1. The fourth-order valence-electron chi connectivity index (χ4n) is 4.30. The lowest BCUT2D eigenvalue weighted by molar-refractivity contribution is -0.385. The molecule has 198 valence electrons. The fraction of sp³-hybridized carbons (Fsp3) is 0.269. The van der Waals surface area contributed by atoms with Crippen molar-refractivity contribution in [3.8, 4) is 17.2 Å². The van der Waals surface area contributed by atoms with E-state index in [-0.39, 0.29) is 28.1 Å². The molecule has 0 N–H and O–H groups in total. The third-order valence-corrected chi connectivity index (χ3v) is 6.93. The van der Waals surface area contributed by atoms with Gasteiger partial charge in [0.25, 0.3) is 5.56 Å². The Bertz CT molecular complexity index is 1640. The Morgan fingerprint density at radius 3 is 2.53 bits per heavy atom. The topological polar surface area (TPSA) is 131 Å². The van der Waals surface area contributed by atoms with E-state index in [0.29, 0.717) is 33.1 Å². The number of rotatable bonds is 8. The highest BCUT2D eigenvalue weighted by atomic mass is 32.1. The van der Waals surface area contributed by atoms with Gasteiger partial charge in [0.2, 0.25) is 0 Å². The van der Waals surface area contributed by atoms with Crippen LogP contribution < -0.4 is 29.1 Å². The van der Waals surface area contributed by atoms with Gasteiger partial charge in [-0.3, -0.25) is 19.5 Å². The maximum Gasteiger partial charge on any atom is 0.338 e. The minimum atomic E-state index is -0.914. The normalized spacial score (nSPS) is 15.0. The van der Waals surface area contributed by atoms with E-state index in [1.54, 1.807) is 44.2 Å². The summed E-state index contributed by atoms with van der Waals surface area (Å²) in [5.74, 6) is 0.282. The SMILES string of the molecule is CCOC(=O)C1=C(C)N=c2sc(=Cc3ccc(OC)c([N+](=O)[O-])c3)c(=O)n2C1c1cccc(OC)c1OC. The van der Waals surface area contributed by atoms with Crippen molar-refractivity contribution in [2.24, 2.45) is 4.99 Å². The molecule has 0 spiro atoms. The number of nitrogens with zero attached hydrogens (tertiary/aromatic N) is 3. The van der Waals surface area contributed by atoms with Crippen LogP contribution in [0.5, 0.6) is 17.2 Å². The molecule has 0 bridgehead atoms. The first-order chi connectivity index (χ1) is 18.2. The summed E-state index contributed by atoms with van der Waals surface area (Å²) in [6.45, 7) is 3.51. The first kappa shape index (κ1) is 26.6. The van der Waals surface area contributed by atoms with E-state index in [1.165, 1.54) is 38.0 Å². The lowest BCUT2D eigenvalue weighted by Crippen LogP contribution is -2.40. The number of fused-ring (bicyclic) bond motifs is 1. The molecule has 1 unspecified atom stereocenters. The summed E-state index contributed by atoms with van der Waals surface area (Å²) in [7, 11) is 4.31. The van der Waals surface area contributed by atoms with E-state index in [9.17, 15) is 19.7 Å². The third-order valence-electron chi connectivity index (χ3n) is 5.94. The molecule has 0 radical (unpaired) electrons. The van der Waals surface area contributed by atoms with Crippen molar-refractivity contribution in [2.75, 3.05) is 27.9 Å². The second-order valence-corrected chi connectivity index (χ2v) is 9.08. The second kappa shape index (κ2) is 10.9. The summed E-state index contributed by atoms with van der Waals surface area (Å²) in [4.78, 5) is 42.7. The minimum absolute atomic E-state index is 0.105. The Hall–Kier alpha value is -4.45. The van der Waals surface area contributed by atoms with Crippen LogP contribution in [-0.4, -0.2) is 43.4 Å². The summed E-state index contributed by atoms with van der Waals surface area (Å²) in [6, 6.07) is 8.69. The lowest BCUT2D eigenvalue weighted by Gasteiger charge is -2.26. The molecular weight excluding hydrogens is 514 g/mol. The van der Waals surface area contributed by atoms with Crippen molar-refractivity contribution < 1.29 is 28.7 Å². The van der Waals surface area contributed by atoms with Gasteiger partial charge < -0.3 is 18.9 Å².